The van der Waals surface area contributed by atoms with Gasteiger partial charge in [-0.1, -0.05) is 36.4 Å². The van der Waals surface area contributed by atoms with Crippen LogP contribution in [0.3, 0.4) is 0 Å². The van der Waals surface area contributed by atoms with Crippen LogP contribution in [-0.4, -0.2) is 33.2 Å². The van der Waals surface area contributed by atoms with E-state index in [0.717, 1.165) is 4.70 Å². The van der Waals surface area contributed by atoms with E-state index in [0.29, 0.717) is 11.1 Å². The lowest BCUT2D eigenvalue weighted by atomic mass is 10.2. The predicted molar refractivity (Wildman–Crippen MR) is 105 cm³/mol. The lowest BCUT2D eigenvalue weighted by molar-refractivity contribution is -0.115. The van der Waals surface area contributed by atoms with E-state index in [-0.39, 0.29) is 21.9 Å². The van der Waals surface area contributed by atoms with Crippen molar-refractivity contribution in [1.82, 2.24) is 0 Å². The number of carbonyl (C=O) groups is 2. The molecule has 0 radical (unpaired) electrons. The number of nitrogens with one attached hydrogen (secondary N) is 1. The van der Waals surface area contributed by atoms with Crippen molar-refractivity contribution in [3.8, 4) is 0 Å². The zero-order valence-corrected chi connectivity index (χ0v) is 16.1. The van der Waals surface area contributed by atoms with Crippen LogP contribution < -0.4 is 5.32 Å². The first-order valence-electron chi connectivity index (χ1n) is 8.10. The Bertz CT molecular complexity index is 1090. The first kappa shape index (κ1) is 19.1. The highest BCUT2D eigenvalue weighted by Gasteiger charge is 2.22. The molecular weight excluding hydrogens is 386 g/mol. The molecule has 0 bridgehead atoms. The van der Waals surface area contributed by atoms with E-state index in [1.807, 2.05) is 12.1 Å². The van der Waals surface area contributed by atoms with Gasteiger partial charge in [-0.15, -0.1) is 11.3 Å². The number of esters is 1. The van der Waals surface area contributed by atoms with Crippen LogP contribution in [0.25, 0.3) is 10.1 Å². The second kappa shape index (κ2) is 7.89. The van der Waals surface area contributed by atoms with Gasteiger partial charge >= 0.3 is 5.97 Å². The Balaban J connectivity index is 1.79. The van der Waals surface area contributed by atoms with Crippen molar-refractivity contribution >= 4 is 48.8 Å². The third-order valence-corrected chi connectivity index (χ3v) is 6.81. The van der Waals surface area contributed by atoms with Gasteiger partial charge in [0.15, 0.2) is 9.84 Å². The normalized spacial score (nSPS) is 11.3. The van der Waals surface area contributed by atoms with Gasteiger partial charge in [0.25, 0.3) is 0 Å². The van der Waals surface area contributed by atoms with Crippen molar-refractivity contribution in [3.63, 3.8) is 0 Å². The van der Waals surface area contributed by atoms with E-state index in [4.69, 9.17) is 4.74 Å². The molecule has 0 aliphatic carbocycles. The number of amides is 1. The molecule has 2 aromatic carbocycles. The summed E-state index contributed by atoms with van der Waals surface area (Å²) in [6.07, 6.45) is -0.220. The van der Waals surface area contributed by atoms with Crippen LogP contribution in [0, 0.1) is 0 Å². The molecule has 0 saturated carbocycles. The van der Waals surface area contributed by atoms with Crippen LogP contribution in [0.5, 0.6) is 0 Å². The molecule has 0 saturated heterocycles. The monoisotopic (exact) mass is 403 g/mol. The second-order valence-corrected chi connectivity index (χ2v) is 8.89. The molecule has 3 aromatic rings. The minimum absolute atomic E-state index is 0.175. The van der Waals surface area contributed by atoms with Crippen molar-refractivity contribution in [3.05, 3.63) is 59.5 Å². The summed E-state index contributed by atoms with van der Waals surface area (Å²) in [7, 11) is -2.29. The van der Waals surface area contributed by atoms with Gasteiger partial charge in [0, 0.05) is 16.5 Å². The maximum Gasteiger partial charge on any atom is 0.350 e. The largest absolute Gasteiger partial charge is 0.465 e. The SMILES string of the molecule is COC(=O)c1sc2ccccc2c1NC(=O)CCS(=O)(=O)c1ccccc1. The molecule has 1 N–H and O–H groups in total. The molecule has 0 fully saturated rings. The first-order chi connectivity index (χ1) is 12.9. The van der Waals surface area contributed by atoms with Gasteiger partial charge in [0.05, 0.1) is 23.4 Å². The van der Waals surface area contributed by atoms with Gasteiger partial charge in [-0.05, 0) is 18.2 Å². The minimum atomic E-state index is -3.56. The highest BCUT2D eigenvalue weighted by molar-refractivity contribution is 7.91. The van der Waals surface area contributed by atoms with Crippen LogP contribution in [-0.2, 0) is 19.4 Å². The van der Waals surface area contributed by atoms with E-state index in [1.165, 1.54) is 30.6 Å². The first-order valence-corrected chi connectivity index (χ1v) is 10.6. The molecule has 3 rings (SSSR count). The summed E-state index contributed by atoms with van der Waals surface area (Å²) in [6, 6.07) is 15.2. The van der Waals surface area contributed by atoms with Gasteiger partial charge < -0.3 is 10.1 Å². The maximum absolute atomic E-state index is 12.4. The summed E-state index contributed by atoms with van der Waals surface area (Å²) in [5.74, 6) is -1.36. The fourth-order valence-corrected chi connectivity index (χ4v) is 4.92. The number of fused-ring (bicyclic) bond motifs is 1. The maximum atomic E-state index is 12.4. The average molecular weight is 403 g/mol. The molecule has 140 valence electrons. The van der Waals surface area contributed by atoms with Gasteiger partial charge in [0.1, 0.15) is 4.88 Å². The number of rotatable bonds is 6. The van der Waals surface area contributed by atoms with E-state index < -0.39 is 21.7 Å². The van der Waals surface area contributed by atoms with Crippen LogP contribution in [0.4, 0.5) is 5.69 Å². The van der Waals surface area contributed by atoms with Gasteiger partial charge in [-0.2, -0.15) is 0 Å². The predicted octanol–water partition coefficient (Wildman–Crippen LogP) is 3.49. The molecule has 1 aromatic heterocycles. The molecule has 0 spiro atoms. The summed E-state index contributed by atoms with van der Waals surface area (Å²) >= 11 is 1.21. The highest BCUT2D eigenvalue weighted by Crippen LogP contribution is 2.36. The van der Waals surface area contributed by atoms with E-state index in [9.17, 15) is 18.0 Å². The quantitative estimate of drug-likeness (QED) is 0.637. The third kappa shape index (κ3) is 4.17. The Hall–Kier alpha value is -2.71. The second-order valence-electron chi connectivity index (χ2n) is 5.72. The summed E-state index contributed by atoms with van der Waals surface area (Å²) in [5, 5.41) is 3.39. The summed E-state index contributed by atoms with van der Waals surface area (Å²) in [4.78, 5) is 24.9. The van der Waals surface area contributed by atoms with Crippen molar-refractivity contribution in [1.29, 1.82) is 0 Å². The Labute approximate surface area is 160 Å². The Morgan fingerprint density at radius 1 is 1.04 bits per heavy atom. The zero-order chi connectivity index (χ0) is 19.4. The molecule has 6 nitrogen and oxygen atoms in total. The van der Waals surface area contributed by atoms with E-state index in [1.54, 1.807) is 30.3 Å². The lowest BCUT2D eigenvalue weighted by Crippen LogP contribution is -2.18. The van der Waals surface area contributed by atoms with E-state index in [2.05, 4.69) is 5.32 Å². The summed E-state index contributed by atoms with van der Waals surface area (Å²) in [6.45, 7) is 0. The van der Waals surface area contributed by atoms with Crippen LogP contribution >= 0.6 is 11.3 Å². The van der Waals surface area contributed by atoms with Crippen LogP contribution in [0.2, 0.25) is 0 Å². The summed E-state index contributed by atoms with van der Waals surface area (Å²) < 4.78 is 30.3. The fourth-order valence-electron chi connectivity index (χ4n) is 2.58. The number of thiophene rings is 1. The number of sulfone groups is 1. The molecule has 27 heavy (non-hydrogen) atoms. The minimum Gasteiger partial charge on any atom is -0.465 e. The molecule has 0 aliphatic rings. The highest BCUT2D eigenvalue weighted by atomic mass is 32.2. The lowest BCUT2D eigenvalue weighted by Gasteiger charge is -2.07. The zero-order valence-electron chi connectivity index (χ0n) is 14.5. The van der Waals surface area contributed by atoms with Crippen molar-refractivity contribution in [2.75, 3.05) is 18.2 Å². The molecule has 0 unspecified atom stereocenters. The standard InChI is InChI=1S/C19H17NO5S2/c1-25-19(22)18-17(14-9-5-6-10-15(14)26-18)20-16(21)11-12-27(23,24)13-7-3-2-4-8-13/h2-10H,11-12H2,1H3,(H,20,21). The van der Waals surface area contributed by atoms with Crippen molar-refractivity contribution in [2.45, 2.75) is 11.3 Å². The number of ether oxygens (including phenoxy) is 1. The Morgan fingerprint density at radius 3 is 2.41 bits per heavy atom. The number of methoxy groups -OCH3 is 1. The number of hydrogen-bond donors (Lipinski definition) is 1. The Kier molecular flexibility index (Phi) is 5.57. The molecule has 1 heterocycles. The van der Waals surface area contributed by atoms with Gasteiger partial charge in [-0.3, -0.25) is 4.79 Å². The van der Waals surface area contributed by atoms with Crippen molar-refractivity contribution in [2.24, 2.45) is 0 Å². The topological polar surface area (TPSA) is 89.5 Å². The third-order valence-electron chi connectivity index (χ3n) is 3.93. The van der Waals surface area contributed by atoms with Crippen molar-refractivity contribution < 1.29 is 22.7 Å². The molecular formula is C19H17NO5S2. The molecule has 0 atom stereocenters. The molecule has 8 heteroatoms. The van der Waals surface area contributed by atoms with Crippen LogP contribution in [0.1, 0.15) is 16.1 Å². The number of hydrogen-bond acceptors (Lipinski definition) is 6. The Morgan fingerprint density at radius 2 is 1.70 bits per heavy atom. The van der Waals surface area contributed by atoms with Gasteiger partial charge in [0.2, 0.25) is 5.91 Å². The smallest absolute Gasteiger partial charge is 0.350 e. The molecule has 1 amide bonds. The van der Waals surface area contributed by atoms with Crippen LogP contribution in [0.15, 0.2) is 59.5 Å². The number of carbonyl (C=O) groups excluding carboxylic acids is 2. The molecule has 0 aliphatic heterocycles. The average Bonchev–Trinajstić information content (AvgIpc) is 3.05. The van der Waals surface area contributed by atoms with Gasteiger partial charge in [-0.25, -0.2) is 13.2 Å². The summed E-state index contributed by atoms with van der Waals surface area (Å²) in [5.41, 5.74) is 0.351. The fraction of sp³-hybridized carbons (Fsp3) is 0.158. The number of benzene rings is 2. The van der Waals surface area contributed by atoms with E-state index >= 15 is 0 Å². The number of anilines is 1.